The highest BCUT2D eigenvalue weighted by molar-refractivity contribution is 7.91. The molecule has 1 unspecified atom stereocenters. The Morgan fingerprint density at radius 3 is 2.38 bits per heavy atom. The molecule has 8 nitrogen and oxygen atoms in total. The fourth-order valence-electron chi connectivity index (χ4n) is 5.24. The second-order valence-corrected chi connectivity index (χ2v) is 12.5. The Balaban J connectivity index is 1.25. The van der Waals surface area contributed by atoms with Crippen molar-refractivity contribution in [1.29, 1.82) is 0 Å². The van der Waals surface area contributed by atoms with Gasteiger partial charge in [-0.05, 0) is 67.3 Å². The van der Waals surface area contributed by atoms with Crippen molar-refractivity contribution in [3.63, 3.8) is 0 Å². The standard InChI is InChI=1S/C30H33N3O5S/c1-3-39(36,37)24-10-4-21(5-11-24)20-28(34)32-27-13-12-25-26(31-27)14-15-30(2,29(25)35)22-6-8-23(9-7-22)33-16-18-38-19-17-33/h4-13H,3,14-20H2,1-2H3,(H,31,32,34). The number of aryl methyl sites for hydroxylation is 1. The molecule has 39 heavy (non-hydrogen) atoms. The number of carbonyl (C=O) groups is 2. The van der Waals surface area contributed by atoms with E-state index in [1.807, 2.05) is 6.92 Å². The Bertz CT molecular complexity index is 1480. The van der Waals surface area contributed by atoms with Crippen molar-refractivity contribution in [1.82, 2.24) is 4.98 Å². The molecule has 2 aliphatic rings. The number of aromatic nitrogens is 1. The van der Waals surface area contributed by atoms with Gasteiger partial charge in [-0.25, -0.2) is 13.4 Å². The van der Waals surface area contributed by atoms with Crippen LogP contribution in [0.2, 0.25) is 0 Å². The number of hydrogen-bond acceptors (Lipinski definition) is 7. The van der Waals surface area contributed by atoms with E-state index in [4.69, 9.17) is 4.74 Å². The van der Waals surface area contributed by atoms with Gasteiger partial charge in [-0.3, -0.25) is 9.59 Å². The molecule has 0 radical (unpaired) electrons. The van der Waals surface area contributed by atoms with Gasteiger partial charge in [0.15, 0.2) is 15.6 Å². The first-order valence-corrected chi connectivity index (χ1v) is 14.9. The first-order valence-electron chi connectivity index (χ1n) is 13.3. The van der Waals surface area contributed by atoms with Gasteiger partial charge in [-0.2, -0.15) is 0 Å². The van der Waals surface area contributed by atoms with E-state index in [0.717, 1.165) is 37.6 Å². The van der Waals surface area contributed by atoms with Crippen LogP contribution in [0.15, 0.2) is 65.6 Å². The summed E-state index contributed by atoms with van der Waals surface area (Å²) in [6, 6.07) is 18.0. The van der Waals surface area contributed by atoms with Gasteiger partial charge in [0.2, 0.25) is 5.91 Å². The number of anilines is 2. The number of Topliss-reactive ketones (excluding diaryl/α,β-unsaturated/α-hetero) is 1. The maximum absolute atomic E-state index is 13.6. The molecule has 1 fully saturated rings. The number of pyridine rings is 1. The number of fused-ring (bicyclic) bond motifs is 1. The Morgan fingerprint density at radius 1 is 1.03 bits per heavy atom. The van der Waals surface area contributed by atoms with Crippen LogP contribution in [0, 0.1) is 0 Å². The molecule has 1 atom stereocenters. The summed E-state index contributed by atoms with van der Waals surface area (Å²) in [6.45, 7) is 6.77. The van der Waals surface area contributed by atoms with Gasteiger partial charge < -0.3 is 15.0 Å². The zero-order valence-electron chi connectivity index (χ0n) is 22.3. The van der Waals surface area contributed by atoms with Crippen molar-refractivity contribution in [2.75, 3.05) is 42.3 Å². The highest BCUT2D eigenvalue weighted by Crippen LogP contribution is 2.38. The van der Waals surface area contributed by atoms with Crippen molar-refractivity contribution in [3.05, 3.63) is 83.0 Å². The average molecular weight is 548 g/mol. The molecule has 1 saturated heterocycles. The zero-order chi connectivity index (χ0) is 27.6. The zero-order valence-corrected chi connectivity index (χ0v) is 23.1. The fraction of sp³-hybridized carbons (Fsp3) is 0.367. The van der Waals surface area contributed by atoms with Crippen molar-refractivity contribution in [3.8, 4) is 0 Å². The van der Waals surface area contributed by atoms with Gasteiger partial charge in [0.1, 0.15) is 5.82 Å². The highest BCUT2D eigenvalue weighted by atomic mass is 32.2. The minimum absolute atomic E-state index is 0.0275. The largest absolute Gasteiger partial charge is 0.378 e. The maximum atomic E-state index is 13.6. The third-order valence-corrected chi connectivity index (χ3v) is 9.51. The van der Waals surface area contributed by atoms with Crippen LogP contribution in [0.3, 0.4) is 0 Å². The van der Waals surface area contributed by atoms with Crippen molar-refractivity contribution in [2.24, 2.45) is 0 Å². The predicted octanol–water partition coefficient (Wildman–Crippen LogP) is 3.98. The molecular formula is C30H33N3O5S. The normalized spacial score (nSPS) is 19.4. The molecule has 1 aromatic heterocycles. The number of ether oxygens (including phenoxy) is 1. The lowest BCUT2D eigenvalue weighted by Gasteiger charge is -2.34. The van der Waals surface area contributed by atoms with Gasteiger partial charge >= 0.3 is 0 Å². The number of nitrogens with zero attached hydrogens (tertiary/aromatic N) is 2. The number of hydrogen-bond donors (Lipinski definition) is 1. The molecule has 1 N–H and O–H groups in total. The van der Waals surface area contributed by atoms with Crippen LogP contribution >= 0.6 is 0 Å². The number of sulfone groups is 1. The van der Waals surface area contributed by atoms with Gasteiger partial charge in [-0.1, -0.05) is 31.2 Å². The number of nitrogens with one attached hydrogen (secondary N) is 1. The average Bonchev–Trinajstić information content (AvgIpc) is 2.96. The van der Waals surface area contributed by atoms with E-state index in [1.165, 1.54) is 12.1 Å². The number of ketones is 1. The van der Waals surface area contributed by atoms with Gasteiger partial charge in [-0.15, -0.1) is 0 Å². The lowest BCUT2D eigenvalue weighted by Crippen LogP contribution is -2.38. The van der Waals surface area contributed by atoms with Crippen molar-refractivity contribution < 1.29 is 22.7 Å². The molecular weight excluding hydrogens is 514 g/mol. The summed E-state index contributed by atoms with van der Waals surface area (Å²) in [6.07, 6.45) is 1.34. The lowest BCUT2D eigenvalue weighted by molar-refractivity contribution is -0.115. The Labute approximate surface area is 229 Å². The first-order chi connectivity index (χ1) is 18.7. The third-order valence-electron chi connectivity index (χ3n) is 7.76. The molecule has 5 rings (SSSR count). The Hall–Kier alpha value is -3.56. The van der Waals surface area contributed by atoms with Crippen LogP contribution < -0.4 is 10.2 Å². The van der Waals surface area contributed by atoms with Crippen molar-refractivity contribution >= 4 is 33.0 Å². The molecule has 1 amide bonds. The van der Waals surface area contributed by atoms with Crippen LogP contribution in [0.4, 0.5) is 11.5 Å². The number of benzene rings is 2. The minimum Gasteiger partial charge on any atom is -0.378 e. The van der Waals surface area contributed by atoms with E-state index in [0.29, 0.717) is 35.5 Å². The smallest absolute Gasteiger partial charge is 0.229 e. The molecule has 0 spiro atoms. The molecule has 2 heterocycles. The van der Waals surface area contributed by atoms with Crippen LogP contribution in [-0.4, -0.2) is 57.1 Å². The summed E-state index contributed by atoms with van der Waals surface area (Å²) < 4.78 is 29.4. The number of rotatable bonds is 7. The summed E-state index contributed by atoms with van der Waals surface area (Å²) in [4.78, 5) is 33.4. The molecule has 0 saturated carbocycles. The number of amides is 1. The van der Waals surface area contributed by atoms with Gasteiger partial charge in [0.05, 0.1) is 41.4 Å². The van der Waals surface area contributed by atoms with Crippen LogP contribution in [0.25, 0.3) is 0 Å². The summed E-state index contributed by atoms with van der Waals surface area (Å²) in [5, 5.41) is 2.81. The SMILES string of the molecule is CCS(=O)(=O)c1ccc(CC(=O)Nc2ccc3c(n2)CCC(C)(c2ccc(N4CCOCC4)cc2)C3=O)cc1. The molecule has 1 aliphatic carbocycles. The van der Waals surface area contributed by atoms with Crippen LogP contribution in [0.1, 0.15) is 47.4 Å². The predicted molar refractivity (Wildman–Crippen MR) is 150 cm³/mol. The summed E-state index contributed by atoms with van der Waals surface area (Å²) in [5.41, 5.74) is 3.47. The quantitative estimate of drug-likeness (QED) is 0.477. The van der Waals surface area contributed by atoms with Gasteiger partial charge in [0.25, 0.3) is 0 Å². The number of carbonyl (C=O) groups excluding carboxylic acids is 2. The van der Waals surface area contributed by atoms with Gasteiger partial charge in [0, 0.05) is 24.3 Å². The number of morpholine rings is 1. The van der Waals surface area contributed by atoms with E-state index in [2.05, 4.69) is 39.5 Å². The van der Waals surface area contributed by atoms with Crippen LogP contribution in [-0.2, 0) is 37.6 Å². The second-order valence-electron chi connectivity index (χ2n) is 10.3. The minimum atomic E-state index is -3.28. The summed E-state index contributed by atoms with van der Waals surface area (Å²) in [7, 11) is -3.28. The topological polar surface area (TPSA) is 106 Å². The molecule has 3 aromatic rings. The fourth-order valence-corrected chi connectivity index (χ4v) is 6.12. The molecule has 2 aromatic carbocycles. The van der Waals surface area contributed by atoms with E-state index >= 15 is 0 Å². The monoisotopic (exact) mass is 547 g/mol. The molecule has 9 heteroatoms. The van der Waals surface area contributed by atoms with E-state index in [9.17, 15) is 18.0 Å². The molecule has 1 aliphatic heterocycles. The Morgan fingerprint density at radius 2 is 1.72 bits per heavy atom. The third kappa shape index (κ3) is 5.60. The molecule has 204 valence electrons. The highest BCUT2D eigenvalue weighted by Gasteiger charge is 2.40. The van der Waals surface area contributed by atoms with E-state index in [1.54, 1.807) is 31.2 Å². The lowest BCUT2D eigenvalue weighted by atomic mass is 9.69. The summed E-state index contributed by atoms with van der Waals surface area (Å²) >= 11 is 0. The van der Waals surface area contributed by atoms with E-state index < -0.39 is 15.3 Å². The summed E-state index contributed by atoms with van der Waals surface area (Å²) in [5.74, 6) is 0.200. The Kier molecular flexibility index (Phi) is 7.55. The van der Waals surface area contributed by atoms with E-state index in [-0.39, 0.29) is 28.8 Å². The first kappa shape index (κ1) is 27.0. The van der Waals surface area contributed by atoms with Crippen molar-refractivity contribution in [2.45, 2.75) is 43.4 Å². The second kappa shape index (κ2) is 10.9. The molecule has 0 bridgehead atoms. The maximum Gasteiger partial charge on any atom is 0.229 e. The van der Waals surface area contributed by atoms with Crippen LogP contribution in [0.5, 0.6) is 0 Å².